The zero-order valence-electron chi connectivity index (χ0n) is 13.5. The minimum Gasteiger partial charge on any atom is -0.349 e. The monoisotopic (exact) mass is 347 g/mol. The number of benzene rings is 1. The molecule has 2 saturated carbocycles. The molecular weight excluding hydrogens is 326 g/mol. The van der Waals surface area contributed by atoms with Gasteiger partial charge in [0, 0.05) is 17.6 Å². The first-order valence-corrected chi connectivity index (χ1v) is 9.07. The van der Waals surface area contributed by atoms with Gasteiger partial charge in [0.05, 0.1) is 10.6 Å². The Morgan fingerprint density at radius 2 is 1.96 bits per heavy atom. The van der Waals surface area contributed by atoms with Gasteiger partial charge in [-0.25, -0.2) is 0 Å². The summed E-state index contributed by atoms with van der Waals surface area (Å²) in [6.45, 7) is 1.99. The van der Waals surface area contributed by atoms with Crippen LogP contribution in [0, 0.1) is 11.3 Å². The molecule has 3 aliphatic rings. The summed E-state index contributed by atoms with van der Waals surface area (Å²) in [6.07, 6.45) is 5.17. The average Bonchev–Trinajstić information content (AvgIpc) is 3.48. The lowest BCUT2D eigenvalue weighted by Gasteiger charge is -2.23. The lowest BCUT2D eigenvalue weighted by atomic mass is 9.92. The van der Waals surface area contributed by atoms with E-state index in [2.05, 4.69) is 16.0 Å². The first-order valence-electron chi connectivity index (χ1n) is 8.69. The molecule has 1 atom stereocenters. The van der Waals surface area contributed by atoms with Crippen molar-refractivity contribution in [2.75, 3.05) is 18.4 Å². The van der Waals surface area contributed by atoms with Crippen molar-refractivity contribution in [3.05, 3.63) is 28.8 Å². The van der Waals surface area contributed by atoms with E-state index in [1.54, 1.807) is 18.2 Å². The third-order valence-electron chi connectivity index (χ3n) is 5.50. The molecule has 1 saturated heterocycles. The highest BCUT2D eigenvalue weighted by Crippen LogP contribution is 2.58. The highest BCUT2D eigenvalue weighted by Gasteiger charge is 2.57. The lowest BCUT2D eigenvalue weighted by Crippen LogP contribution is -2.31. The Hall–Kier alpha value is -1.59. The molecule has 0 aromatic heterocycles. The van der Waals surface area contributed by atoms with Crippen molar-refractivity contribution < 1.29 is 9.59 Å². The third kappa shape index (κ3) is 3.15. The van der Waals surface area contributed by atoms with E-state index in [1.165, 1.54) is 0 Å². The number of halogens is 1. The van der Waals surface area contributed by atoms with Crippen molar-refractivity contribution in [1.29, 1.82) is 0 Å². The fourth-order valence-electron chi connectivity index (χ4n) is 3.69. The highest BCUT2D eigenvalue weighted by molar-refractivity contribution is 6.34. The van der Waals surface area contributed by atoms with Crippen molar-refractivity contribution in [2.45, 2.75) is 38.1 Å². The maximum atomic E-state index is 12.5. The average molecular weight is 348 g/mol. The standard InChI is InChI=1S/C18H22ClN3O2/c19-15-4-3-12(9-13(15)16(23)21-11-1-2-11)22-17(24)14-10-18(14)5-7-20-8-6-18/h3-4,9,11,14,20H,1-2,5-8,10H2,(H,21,23)(H,22,24). The summed E-state index contributed by atoms with van der Waals surface area (Å²) in [5.41, 5.74) is 1.27. The summed E-state index contributed by atoms with van der Waals surface area (Å²) in [4.78, 5) is 24.8. The fourth-order valence-corrected chi connectivity index (χ4v) is 3.90. The van der Waals surface area contributed by atoms with E-state index in [0.29, 0.717) is 16.3 Å². The minimum atomic E-state index is -0.167. The largest absolute Gasteiger partial charge is 0.349 e. The van der Waals surface area contributed by atoms with E-state index in [1.807, 2.05) is 0 Å². The van der Waals surface area contributed by atoms with Crippen LogP contribution < -0.4 is 16.0 Å². The number of hydrogen-bond donors (Lipinski definition) is 3. The number of anilines is 1. The summed E-state index contributed by atoms with van der Waals surface area (Å²) in [5, 5.41) is 9.65. The van der Waals surface area contributed by atoms with Gasteiger partial charge < -0.3 is 16.0 Å². The molecule has 2 aliphatic carbocycles. The molecule has 0 bridgehead atoms. The predicted octanol–water partition coefficient (Wildman–Crippen LogP) is 2.56. The maximum Gasteiger partial charge on any atom is 0.253 e. The van der Waals surface area contributed by atoms with Crippen LogP contribution in [0.5, 0.6) is 0 Å². The number of carbonyl (C=O) groups is 2. The van der Waals surface area contributed by atoms with Gasteiger partial charge >= 0.3 is 0 Å². The van der Waals surface area contributed by atoms with Gasteiger partial charge in [-0.1, -0.05) is 11.6 Å². The summed E-state index contributed by atoms with van der Waals surface area (Å²) in [6, 6.07) is 5.38. The highest BCUT2D eigenvalue weighted by atomic mass is 35.5. The fraction of sp³-hybridized carbons (Fsp3) is 0.556. The number of amides is 2. The van der Waals surface area contributed by atoms with Gasteiger partial charge in [0.2, 0.25) is 5.91 Å². The van der Waals surface area contributed by atoms with E-state index < -0.39 is 0 Å². The third-order valence-corrected chi connectivity index (χ3v) is 5.83. The second kappa shape index (κ2) is 6.05. The molecule has 6 heteroatoms. The van der Waals surface area contributed by atoms with Crippen LogP contribution in [0.4, 0.5) is 5.69 Å². The quantitative estimate of drug-likeness (QED) is 0.784. The molecule has 128 valence electrons. The lowest BCUT2D eigenvalue weighted by molar-refractivity contribution is -0.118. The second-order valence-electron chi connectivity index (χ2n) is 7.30. The van der Waals surface area contributed by atoms with Crippen LogP contribution in [-0.2, 0) is 4.79 Å². The Labute approximate surface area is 146 Å². The molecule has 1 aromatic rings. The first-order chi connectivity index (χ1) is 11.6. The van der Waals surface area contributed by atoms with Gasteiger partial charge in [-0.05, 0) is 68.8 Å². The Bertz CT molecular complexity index is 681. The van der Waals surface area contributed by atoms with E-state index in [-0.39, 0.29) is 29.2 Å². The zero-order valence-corrected chi connectivity index (χ0v) is 14.3. The van der Waals surface area contributed by atoms with Crippen molar-refractivity contribution in [3.63, 3.8) is 0 Å². The van der Waals surface area contributed by atoms with Gasteiger partial charge in [-0.15, -0.1) is 0 Å². The number of piperidine rings is 1. The van der Waals surface area contributed by atoms with Gasteiger partial charge in [0.1, 0.15) is 0 Å². The molecule has 24 heavy (non-hydrogen) atoms. The van der Waals surface area contributed by atoms with E-state index >= 15 is 0 Å². The Morgan fingerprint density at radius 3 is 2.67 bits per heavy atom. The zero-order chi connectivity index (χ0) is 16.7. The minimum absolute atomic E-state index is 0.0628. The van der Waals surface area contributed by atoms with Gasteiger partial charge in [0.15, 0.2) is 0 Å². The molecule has 1 unspecified atom stereocenters. The van der Waals surface area contributed by atoms with Crippen LogP contribution >= 0.6 is 11.6 Å². The van der Waals surface area contributed by atoms with Crippen LogP contribution in [0.25, 0.3) is 0 Å². The molecule has 3 fully saturated rings. The first kappa shape index (κ1) is 15.9. The summed E-state index contributed by atoms with van der Waals surface area (Å²) >= 11 is 6.14. The van der Waals surface area contributed by atoms with Crippen LogP contribution in [0.3, 0.4) is 0 Å². The van der Waals surface area contributed by atoms with Crippen molar-refractivity contribution in [2.24, 2.45) is 11.3 Å². The molecule has 1 aliphatic heterocycles. The summed E-state index contributed by atoms with van der Waals surface area (Å²) in [7, 11) is 0. The SMILES string of the molecule is O=C(NC1CC1)c1cc(NC(=O)C2CC23CCNCC3)ccc1Cl. The smallest absolute Gasteiger partial charge is 0.253 e. The van der Waals surface area contributed by atoms with Gasteiger partial charge in [0.25, 0.3) is 5.91 Å². The molecule has 2 amide bonds. The Kier molecular flexibility index (Phi) is 4.01. The molecule has 1 spiro atoms. The normalized spacial score (nSPS) is 24.5. The molecule has 3 N–H and O–H groups in total. The number of nitrogens with one attached hydrogen (secondary N) is 3. The van der Waals surface area contributed by atoms with Crippen LogP contribution in [-0.4, -0.2) is 30.9 Å². The Balaban J connectivity index is 1.42. The van der Waals surface area contributed by atoms with Crippen LogP contribution in [0.1, 0.15) is 42.5 Å². The Morgan fingerprint density at radius 1 is 1.21 bits per heavy atom. The summed E-state index contributed by atoms with van der Waals surface area (Å²) < 4.78 is 0. The van der Waals surface area contributed by atoms with Crippen molar-refractivity contribution in [1.82, 2.24) is 10.6 Å². The predicted molar refractivity (Wildman–Crippen MR) is 93.2 cm³/mol. The number of rotatable bonds is 4. The van der Waals surface area contributed by atoms with E-state index in [0.717, 1.165) is 45.2 Å². The van der Waals surface area contributed by atoms with Crippen molar-refractivity contribution in [3.8, 4) is 0 Å². The topological polar surface area (TPSA) is 70.2 Å². The van der Waals surface area contributed by atoms with E-state index in [4.69, 9.17) is 11.6 Å². The number of hydrogen-bond acceptors (Lipinski definition) is 3. The molecule has 1 aromatic carbocycles. The molecule has 4 rings (SSSR count). The number of carbonyl (C=O) groups excluding carboxylic acids is 2. The molecule has 0 radical (unpaired) electrons. The molecular formula is C18H22ClN3O2. The second-order valence-corrected chi connectivity index (χ2v) is 7.71. The maximum absolute atomic E-state index is 12.5. The van der Waals surface area contributed by atoms with Gasteiger partial charge in [-0.2, -0.15) is 0 Å². The summed E-state index contributed by atoms with van der Waals surface area (Å²) in [5.74, 6) is -0.00774. The van der Waals surface area contributed by atoms with Crippen LogP contribution in [0.2, 0.25) is 5.02 Å². The van der Waals surface area contributed by atoms with Crippen LogP contribution in [0.15, 0.2) is 18.2 Å². The van der Waals surface area contributed by atoms with Crippen molar-refractivity contribution >= 4 is 29.1 Å². The van der Waals surface area contributed by atoms with Gasteiger partial charge in [-0.3, -0.25) is 9.59 Å². The molecule has 1 heterocycles. The molecule has 5 nitrogen and oxygen atoms in total. The van der Waals surface area contributed by atoms with E-state index in [9.17, 15) is 9.59 Å².